The lowest BCUT2D eigenvalue weighted by Crippen LogP contribution is -2.55. The van der Waals surface area contributed by atoms with Gasteiger partial charge in [0.05, 0.1) is 17.0 Å². The number of likely N-dealkylation sites (N-methyl/N-ethyl adjacent to an activating group) is 1. The van der Waals surface area contributed by atoms with E-state index in [0.717, 1.165) is 47.1 Å². The molecule has 2 atom stereocenters. The number of nitrogens with zero attached hydrogens (tertiary/aromatic N) is 4. The van der Waals surface area contributed by atoms with Gasteiger partial charge < -0.3 is 10.2 Å². The molecule has 0 aliphatic carbocycles. The molecule has 6 heteroatoms. The molecule has 3 aromatic rings. The molecule has 0 spiro atoms. The fraction of sp³-hybridized carbons (Fsp3) is 0.346. The van der Waals surface area contributed by atoms with E-state index >= 15 is 0 Å². The van der Waals surface area contributed by atoms with Crippen molar-refractivity contribution in [2.45, 2.75) is 39.8 Å². The summed E-state index contributed by atoms with van der Waals surface area (Å²) in [5.74, 6) is 0.774. The van der Waals surface area contributed by atoms with Crippen LogP contribution in [-0.4, -0.2) is 53.0 Å². The summed E-state index contributed by atoms with van der Waals surface area (Å²) in [5.41, 5.74) is 5.07. The smallest absolute Gasteiger partial charge is 0.257 e. The van der Waals surface area contributed by atoms with E-state index in [2.05, 4.69) is 41.0 Å². The number of carbonyl (C=O) groups excluding carboxylic acids is 1. The van der Waals surface area contributed by atoms with Crippen molar-refractivity contribution in [3.8, 4) is 11.3 Å². The Kier molecular flexibility index (Phi) is 6.24. The van der Waals surface area contributed by atoms with E-state index in [-0.39, 0.29) is 5.91 Å². The normalized spacial score (nSPS) is 19.1. The Hall–Kier alpha value is -3.25. The second-order valence-corrected chi connectivity index (χ2v) is 8.77. The first-order valence-electron chi connectivity index (χ1n) is 11.1. The Morgan fingerprint density at radius 1 is 1.03 bits per heavy atom. The van der Waals surface area contributed by atoms with E-state index < -0.39 is 0 Å². The Morgan fingerprint density at radius 3 is 2.44 bits per heavy atom. The Morgan fingerprint density at radius 2 is 1.78 bits per heavy atom. The highest BCUT2D eigenvalue weighted by molar-refractivity contribution is 6.05. The molecule has 1 N–H and O–H groups in total. The van der Waals surface area contributed by atoms with Gasteiger partial charge in [-0.3, -0.25) is 14.7 Å². The highest BCUT2D eigenvalue weighted by Gasteiger charge is 2.27. The number of aromatic nitrogens is 2. The van der Waals surface area contributed by atoms with E-state index in [4.69, 9.17) is 4.98 Å². The number of hydrogen-bond donors (Lipinski definition) is 1. The molecule has 1 aliphatic rings. The maximum Gasteiger partial charge on any atom is 0.257 e. The van der Waals surface area contributed by atoms with Crippen molar-refractivity contribution in [2.24, 2.45) is 0 Å². The molecule has 0 bridgehead atoms. The Balaban J connectivity index is 1.52. The number of benzene rings is 1. The van der Waals surface area contributed by atoms with Crippen LogP contribution in [-0.2, 0) is 0 Å². The summed E-state index contributed by atoms with van der Waals surface area (Å²) in [6.45, 7) is 10.3. The number of rotatable bonds is 4. The summed E-state index contributed by atoms with van der Waals surface area (Å²) in [6, 6.07) is 16.5. The number of piperazine rings is 1. The zero-order chi connectivity index (χ0) is 22.8. The number of anilines is 2. The molecule has 4 rings (SSSR count). The van der Waals surface area contributed by atoms with Crippen LogP contribution in [0.2, 0.25) is 0 Å². The molecular weight excluding hydrogens is 398 g/mol. The minimum Gasteiger partial charge on any atom is -0.353 e. The molecule has 6 nitrogen and oxygen atoms in total. The highest BCUT2D eigenvalue weighted by atomic mass is 16.1. The van der Waals surface area contributed by atoms with Gasteiger partial charge in [-0.25, -0.2) is 4.98 Å². The maximum absolute atomic E-state index is 13.0. The number of aryl methyl sites for hydroxylation is 2. The van der Waals surface area contributed by atoms with Gasteiger partial charge in [0, 0.05) is 42.6 Å². The van der Waals surface area contributed by atoms with Crippen molar-refractivity contribution < 1.29 is 4.79 Å². The van der Waals surface area contributed by atoms with Crippen molar-refractivity contribution in [1.29, 1.82) is 0 Å². The van der Waals surface area contributed by atoms with Gasteiger partial charge in [0.25, 0.3) is 5.91 Å². The topological polar surface area (TPSA) is 61.4 Å². The SMILES string of the molecule is Cc1ccc(NC(=O)c2ccc(N3C[C@@H](C)N(C)[C@@H](C)C3)nc2C)cc1-c1ccccn1. The summed E-state index contributed by atoms with van der Waals surface area (Å²) in [4.78, 5) is 26.9. The third kappa shape index (κ3) is 4.50. The number of pyridine rings is 2. The van der Waals surface area contributed by atoms with E-state index in [1.807, 2.05) is 62.4 Å². The zero-order valence-electron chi connectivity index (χ0n) is 19.5. The summed E-state index contributed by atoms with van der Waals surface area (Å²) in [7, 11) is 2.17. The monoisotopic (exact) mass is 429 g/mol. The summed E-state index contributed by atoms with van der Waals surface area (Å²) in [6.07, 6.45) is 1.78. The first-order valence-corrected chi connectivity index (χ1v) is 11.1. The third-order valence-corrected chi connectivity index (χ3v) is 6.44. The van der Waals surface area contributed by atoms with E-state index in [1.165, 1.54) is 0 Å². The summed E-state index contributed by atoms with van der Waals surface area (Å²) in [5, 5.41) is 3.03. The van der Waals surface area contributed by atoms with Crippen LogP contribution in [0.4, 0.5) is 11.5 Å². The van der Waals surface area contributed by atoms with Gasteiger partial charge in [-0.15, -0.1) is 0 Å². The van der Waals surface area contributed by atoms with Gasteiger partial charge in [-0.05, 0) is 76.7 Å². The molecule has 0 unspecified atom stereocenters. The van der Waals surface area contributed by atoms with Crippen molar-refractivity contribution in [1.82, 2.24) is 14.9 Å². The number of amides is 1. The average molecular weight is 430 g/mol. The summed E-state index contributed by atoms with van der Waals surface area (Å²) < 4.78 is 0. The molecule has 2 aromatic heterocycles. The quantitative estimate of drug-likeness (QED) is 0.660. The van der Waals surface area contributed by atoms with Crippen LogP contribution in [0.25, 0.3) is 11.3 Å². The lowest BCUT2D eigenvalue weighted by Gasteiger charge is -2.43. The second-order valence-electron chi connectivity index (χ2n) is 8.77. The van der Waals surface area contributed by atoms with Crippen molar-refractivity contribution >= 4 is 17.4 Å². The van der Waals surface area contributed by atoms with Gasteiger partial charge in [0.1, 0.15) is 5.82 Å². The molecule has 1 aromatic carbocycles. The largest absolute Gasteiger partial charge is 0.353 e. The van der Waals surface area contributed by atoms with Crippen LogP contribution in [0.3, 0.4) is 0 Å². The summed E-state index contributed by atoms with van der Waals surface area (Å²) >= 11 is 0. The molecule has 166 valence electrons. The molecule has 0 radical (unpaired) electrons. The molecule has 32 heavy (non-hydrogen) atoms. The molecule has 0 saturated carbocycles. The molecule has 1 amide bonds. The van der Waals surface area contributed by atoms with Crippen molar-refractivity contribution in [3.05, 3.63) is 71.5 Å². The molecule has 1 aliphatic heterocycles. The molecular formula is C26H31N5O. The molecule has 3 heterocycles. The van der Waals surface area contributed by atoms with Crippen LogP contribution in [0.5, 0.6) is 0 Å². The maximum atomic E-state index is 13.0. The number of hydrogen-bond acceptors (Lipinski definition) is 5. The van der Waals surface area contributed by atoms with Crippen LogP contribution >= 0.6 is 0 Å². The predicted molar refractivity (Wildman–Crippen MR) is 130 cm³/mol. The van der Waals surface area contributed by atoms with E-state index in [0.29, 0.717) is 17.6 Å². The first kappa shape index (κ1) is 22.0. The van der Waals surface area contributed by atoms with E-state index in [1.54, 1.807) is 6.20 Å². The van der Waals surface area contributed by atoms with Crippen molar-refractivity contribution in [3.63, 3.8) is 0 Å². The van der Waals surface area contributed by atoms with Crippen LogP contribution in [0.1, 0.15) is 35.5 Å². The highest BCUT2D eigenvalue weighted by Crippen LogP contribution is 2.26. The van der Waals surface area contributed by atoms with Crippen LogP contribution in [0.15, 0.2) is 54.7 Å². The minimum atomic E-state index is -0.155. The van der Waals surface area contributed by atoms with Gasteiger partial charge in [0.2, 0.25) is 0 Å². The predicted octanol–water partition coefficient (Wildman–Crippen LogP) is 4.54. The van der Waals surface area contributed by atoms with Crippen LogP contribution < -0.4 is 10.2 Å². The standard InChI is InChI=1S/C26H31N5O/c1-17-9-10-21(14-23(17)24-8-6-7-13-27-24)29-26(32)22-11-12-25(28-20(22)4)31-15-18(2)30(5)19(3)16-31/h6-14,18-19H,15-16H2,1-5H3,(H,29,32)/t18-,19+. The Bertz CT molecular complexity index is 1100. The fourth-order valence-corrected chi connectivity index (χ4v) is 4.25. The first-order chi connectivity index (χ1) is 15.3. The molecule has 1 saturated heterocycles. The number of carbonyl (C=O) groups is 1. The fourth-order valence-electron chi connectivity index (χ4n) is 4.25. The van der Waals surface area contributed by atoms with Crippen molar-refractivity contribution in [2.75, 3.05) is 30.4 Å². The van der Waals surface area contributed by atoms with Crippen LogP contribution in [0, 0.1) is 13.8 Å². The lowest BCUT2D eigenvalue weighted by atomic mass is 10.0. The van der Waals surface area contributed by atoms with Gasteiger partial charge in [0.15, 0.2) is 0 Å². The van der Waals surface area contributed by atoms with Gasteiger partial charge in [-0.1, -0.05) is 12.1 Å². The zero-order valence-corrected chi connectivity index (χ0v) is 19.5. The lowest BCUT2D eigenvalue weighted by molar-refractivity contribution is 0.102. The average Bonchev–Trinajstić information content (AvgIpc) is 2.78. The second kappa shape index (κ2) is 9.09. The number of nitrogens with one attached hydrogen (secondary N) is 1. The van der Waals surface area contributed by atoms with E-state index in [9.17, 15) is 4.79 Å². The third-order valence-electron chi connectivity index (χ3n) is 6.44. The minimum absolute atomic E-state index is 0.155. The van der Waals surface area contributed by atoms with Gasteiger partial charge >= 0.3 is 0 Å². The Labute approximate surface area is 190 Å². The van der Waals surface area contributed by atoms with Gasteiger partial charge in [-0.2, -0.15) is 0 Å². The molecule has 1 fully saturated rings.